The van der Waals surface area contributed by atoms with Gasteiger partial charge in [-0.25, -0.2) is 14.2 Å². The van der Waals surface area contributed by atoms with Crippen LogP contribution in [0.2, 0.25) is 0 Å². The number of benzene rings is 1. The monoisotopic (exact) mass is 186 g/mol. The molecule has 70 valence electrons. The van der Waals surface area contributed by atoms with Crippen molar-refractivity contribution >= 4 is 5.91 Å². The van der Waals surface area contributed by atoms with Gasteiger partial charge in [0, 0.05) is 7.05 Å². The van der Waals surface area contributed by atoms with Crippen LogP contribution in [0, 0.1) is 11.6 Å². The van der Waals surface area contributed by atoms with Gasteiger partial charge in [-0.15, -0.1) is 0 Å². The van der Waals surface area contributed by atoms with E-state index in [0.29, 0.717) is 0 Å². The van der Waals surface area contributed by atoms with E-state index in [9.17, 15) is 13.6 Å². The molecule has 3 nitrogen and oxygen atoms in total. The lowest BCUT2D eigenvalue weighted by atomic mass is 10.2. The van der Waals surface area contributed by atoms with Gasteiger partial charge < -0.3 is 0 Å². The van der Waals surface area contributed by atoms with Crippen LogP contribution in [0.25, 0.3) is 0 Å². The Hall–Kier alpha value is -1.49. The molecule has 0 atom stereocenters. The van der Waals surface area contributed by atoms with Gasteiger partial charge in [-0.2, -0.15) is 0 Å². The average Bonchev–Trinajstić information content (AvgIpc) is 2.04. The van der Waals surface area contributed by atoms with Gasteiger partial charge in [-0.1, -0.05) is 6.07 Å². The van der Waals surface area contributed by atoms with Crippen molar-refractivity contribution in [3.05, 3.63) is 35.4 Å². The maximum absolute atomic E-state index is 12.9. The van der Waals surface area contributed by atoms with E-state index in [-0.39, 0.29) is 0 Å². The molecule has 0 bridgehead atoms. The third-order valence-electron chi connectivity index (χ3n) is 1.43. The summed E-state index contributed by atoms with van der Waals surface area (Å²) < 4.78 is 25.8. The number of nitrogens with one attached hydrogen (secondary N) is 2. The smallest absolute Gasteiger partial charge is 0.271 e. The molecule has 5 heteroatoms. The first-order valence-electron chi connectivity index (χ1n) is 3.58. The van der Waals surface area contributed by atoms with E-state index in [2.05, 4.69) is 10.9 Å². The standard InChI is InChI=1S/C8H8F2N2O/c1-11-12-8(13)7-5(9)3-2-4-6(7)10/h2-4,11H,1H3,(H,12,13). The van der Waals surface area contributed by atoms with Crippen molar-refractivity contribution < 1.29 is 13.6 Å². The van der Waals surface area contributed by atoms with E-state index in [0.717, 1.165) is 12.1 Å². The molecule has 0 aliphatic carbocycles. The second-order valence-corrected chi connectivity index (χ2v) is 2.30. The second-order valence-electron chi connectivity index (χ2n) is 2.30. The van der Waals surface area contributed by atoms with E-state index >= 15 is 0 Å². The molecule has 0 aliphatic rings. The van der Waals surface area contributed by atoms with Crippen molar-refractivity contribution in [2.24, 2.45) is 0 Å². The number of amides is 1. The molecule has 0 unspecified atom stereocenters. The zero-order valence-corrected chi connectivity index (χ0v) is 6.90. The van der Waals surface area contributed by atoms with Gasteiger partial charge in [0.15, 0.2) is 0 Å². The Morgan fingerprint density at radius 1 is 1.31 bits per heavy atom. The van der Waals surface area contributed by atoms with E-state index < -0.39 is 23.1 Å². The molecule has 0 saturated carbocycles. The molecule has 0 spiro atoms. The van der Waals surface area contributed by atoms with Gasteiger partial charge in [0.25, 0.3) is 5.91 Å². The van der Waals surface area contributed by atoms with E-state index in [4.69, 9.17) is 0 Å². The number of halogens is 2. The van der Waals surface area contributed by atoms with Gasteiger partial charge in [0.2, 0.25) is 0 Å². The molecule has 13 heavy (non-hydrogen) atoms. The fraction of sp³-hybridized carbons (Fsp3) is 0.125. The van der Waals surface area contributed by atoms with Crippen molar-refractivity contribution in [1.82, 2.24) is 10.9 Å². The van der Waals surface area contributed by atoms with Crippen LogP contribution in [0.15, 0.2) is 18.2 Å². The molecule has 1 amide bonds. The molecule has 1 aromatic carbocycles. The predicted molar refractivity (Wildman–Crippen MR) is 42.9 cm³/mol. The Bertz CT molecular complexity index is 308. The summed E-state index contributed by atoms with van der Waals surface area (Å²) in [6, 6.07) is 3.24. The largest absolute Gasteiger partial charge is 0.288 e. The zero-order valence-electron chi connectivity index (χ0n) is 6.90. The van der Waals surface area contributed by atoms with Gasteiger partial charge in [0.05, 0.1) is 0 Å². The molecule has 1 rings (SSSR count). The summed E-state index contributed by atoms with van der Waals surface area (Å²) in [6.07, 6.45) is 0. The van der Waals surface area contributed by atoms with Crippen molar-refractivity contribution in [1.29, 1.82) is 0 Å². The number of hydrogen-bond donors (Lipinski definition) is 2. The molecule has 0 aliphatic heterocycles. The minimum Gasteiger partial charge on any atom is -0.288 e. The fourth-order valence-electron chi connectivity index (χ4n) is 0.891. The SMILES string of the molecule is CNNC(=O)c1c(F)cccc1F. The maximum Gasteiger partial charge on any atom is 0.271 e. The van der Waals surface area contributed by atoms with Gasteiger partial charge >= 0.3 is 0 Å². The number of carbonyl (C=O) groups is 1. The quantitative estimate of drug-likeness (QED) is 0.671. The minimum atomic E-state index is -0.882. The predicted octanol–water partition coefficient (Wildman–Crippen LogP) is 0.829. The fourth-order valence-corrected chi connectivity index (χ4v) is 0.891. The highest BCUT2D eigenvalue weighted by Gasteiger charge is 2.15. The minimum absolute atomic E-state index is 0.586. The lowest BCUT2D eigenvalue weighted by Crippen LogP contribution is -2.35. The topological polar surface area (TPSA) is 41.1 Å². The number of hydrazine groups is 1. The summed E-state index contributed by atoms with van der Waals surface area (Å²) in [5, 5.41) is 0. The van der Waals surface area contributed by atoms with Crippen LogP contribution in [0.1, 0.15) is 10.4 Å². The normalized spacial score (nSPS) is 9.77. The van der Waals surface area contributed by atoms with Crippen LogP contribution in [0.3, 0.4) is 0 Å². The van der Waals surface area contributed by atoms with Crippen LogP contribution in [-0.2, 0) is 0 Å². The number of rotatable bonds is 2. The molecule has 1 aromatic rings. The van der Waals surface area contributed by atoms with Crippen LogP contribution < -0.4 is 10.9 Å². The summed E-state index contributed by atoms with van der Waals surface area (Å²) in [7, 11) is 1.43. The first-order valence-corrected chi connectivity index (χ1v) is 3.58. The zero-order chi connectivity index (χ0) is 9.84. The highest BCUT2D eigenvalue weighted by Crippen LogP contribution is 2.10. The third-order valence-corrected chi connectivity index (χ3v) is 1.43. The summed E-state index contributed by atoms with van der Waals surface area (Å²) >= 11 is 0. The number of carbonyl (C=O) groups excluding carboxylic acids is 1. The highest BCUT2D eigenvalue weighted by atomic mass is 19.1. The average molecular weight is 186 g/mol. The molecule has 0 aromatic heterocycles. The summed E-state index contributed by atoms with van der Waals surface area (Å²) in [5.41, 5.74) is 3.78. The van der Waals surface area contributed by atoms with Gasteiger partial charge in [-0.05, 0) is 12.1 Å². The lowest BCUT2D eigenvalue weighted by Gasteiger charge is -2.04. The van der Waals surface area contributed by atoms with Crippen LogP contribution in [0.4, 0.5) is 8.78 Å². The summed E-state index contributed by atoms with van der Waals surface area (Å²) in [5.74, 6) is -2.60. The van der Waals surface area contributed by atoms with Crippen LogP contribution >= 0.6 is 0 Å². The number of hydrogen-bond acceptors (Lipinski definition) is 2. The van der Waals surface area contributed by atoms with E-state index in [1.807, 2.05) is 0 Å². The Morgan fingerprint density at radius 2 is 1.85 bits per heavy atom. The van der Waals surface area contributed by atoms with E-state index in [1.165, 1.54) is 13.1 Å². The van der Waals surface area contributed by atoms with Crippen LogP contribution in [0.5, 0.6) is 0 Å². The molecular formula is C8H8F2N2O. The van der Waals surface area contributed by atoms with Crippen molar-refractivity contribution in [3.63, 3.8) is 0 Å². The first kappa shape index (κ1) is 9.60. The summed E-state index contributed by atoms with van der Waals surface area (Å²) in [6.45, 7) is 0. The molecule has 0 saturated heterocycles. The van der Waals surface area contributed by atoms with Crippen molar-refractivity contribution in [2.45, 2.75) is 0 Å². The Balaban J connectivity index is 3.05. The Labute approximate surface area is 73.7 Å². The van der Waals surface area contributed by atoms with Gasteiger partial charge in [0.1, 0.15) is 17.2 Å². The van der Waals surface area contributed by atoms with Crippen molar-refractivity contribution in [3.8, 4) is 0 Å². The molecular weight excluding hydrogens is 178 g/mol. The molecule has 0 heterocycles. The molecule has 0 radical (unpaired) electrons. The maximum atomic E-state index is 12.9. The summed E-state index contributed by atoms with van der Waals surface area (Å²) in [4.78, 5) is 11.0. The van der Waals surface area contributed by atoms with Crippen molar-refractivity contribution in [2.75, 3.05) is 7.05 Å². The molecule has 2 N–H and O–H groups in total. The first-order chi connectivity index (χ1) is 6.16. The Morgan fingerprint density at radius 3 is 2.31 bits per heavy atom. The van der Waals surface area contributed by atoms with E-state index in [1.54, 1.807) is 0 Å². The van der Waals surface area contributed by atoms with Gasteiger partial charge in [-0.3, -0.25) is 10.2 Å². The third kappa shape index (κ3) is 2.00. The molecule has 0 fully saturated rings. The van der Waals surface area contributed by atoms with Crippen LogP contribution in [-0.4, -0.2) is 13.0 Å². The lowest BCUT2D eigenvalue weighted by molar-refractivity contribution is 0.0929. The Kier molecular flexibility index (Phi) is 2.92. The second kappa shape index (κ2) is 3.95. The highest BCUT2D eigenvalue weighted by molar-refractivity contribution is 5.94.